The van der Waals surface area contributed by atoms with E-state index in [1.807, 2.05) is 0 Å². The molecule has 3 nitrogen and oxygen atoms in total. The molecule has 0 radical (unpaired) electrons. The molecule has 0 aromatic rings. The van der Waals surface area contributed by atoms with Gasteiger partial charge in [-0.1, -0.05) is 0 Å². The maximum absolute atomic E-state index is 2.65. The first kappa shape index (κ1) is 9.28. The predicted octanol–water partition coefficient (Wildman–Crippen LogP) is 1.41. The minimum absolute atomic E-state index is 0.0602. The average Bonchev–Trinajstić information content (AvgIpc) is 2.73. The second-order valence-electron chi connectivity index (χ2n) is 4.91. The number of rotatable bonds is 0. The first-order valence-corrected chi connectivity index (χ1v) is 5.84. The van der Waals surface area contributed by atoms with Gasteiger partial charge >= 0.3 is 0 Å². The average molecular weight is 205 g/mol. The second-order valence-corrected chi connectivity index (χ2v) is 4.91. The molecule has 82 valence electrons. The van der Waals surface area contributed by atoms with Crippen LogP contribution >= 0.6 is 0 Å². The summed E-state index contributed by atoms with van der Waals surface area (Å²) in [6.45, 7) is 4.75. The minimum Gasteiger partial charge on any atom is -0.346 e. The first-order chi connectivity index (χ1) is 7.23. The highest BCUT2D eigenvalue weighted by molar-refractivity contribution is 5.14. The van der Waals surface area contributed by atoms with E-state index in [0.717, 1.165) is 6.04 Å². The van der Waals surface area contributed by atoms with E-state index in [2.05, 4.69) is 53.2 Å². The highest BCUT2D eigenvalue weighted by Gasteiger charge is 2.51. The van der Waals surface area contributed by atoms with Crippen molar-refractivity contribution in [2.75, 3.05) is 20.1 Å². The number of fused-ring (bicyclic) bond motifs is 3. The van der Waals surface area contributed by atoms with Gasteiger partial charge in [-0.15, -0.1) is 0 Å². The van der Waals surface area contributed by atoms with Gasteiger partial charge in [0.1, 0.15) is 0 Å². The fourth-order valence-electron chi connectivity index (χ4n) is 3.23. The Hall–Kier alpha value is -0.960. The van der Waals surface area contributed by atoms with Gasteiger partial charge < -0.3 is 9.80 Å². The number of hydrogen-bond donors (Lipinski definition) is 0. The smallest absolute Gasteiger partial charge is 0.168 e. The van der Waals surface area contributed by atoms with Crippen LogP contribution in [0.15, 0.2) is 24.6 Å². The van der Waals surface area contributed by atoms with E-state index in [1.54, 1.807) is 0 Å². The quantitative estimate of drug-likeness (QED) is 0.592. The zero-order valence-corrected chi connectivity index (χ0v) is 9.56. The summed E-state index contributed by atoms with van der Waals surface area (Å²) in [5.74, 6) is 0.0602. The summed E-state index contributed by atoms with van der Waals surface area (Å²) in [6.07, 6.45) is 11.4. The Kier molecular flexibility index (Phi) is 1.87. The van der Waals surface area contributed by atoms with Gasteiger partial charge in [0.2, 0.25) is 0 Å². The third kappa shape index (κ3) is 1.10. The van der Waals surface area contributed by atoms with Gasteiger partial charge in [0, 0.05) is 38.6 Å². The van der Waals surface area contributed by atoms with Gasteiger partial charge in [0.15, 0.2) is 5.79 Å². The summed E-state index contributed by atoms with van der Waals surface area (Å²) >= 11 is 0. The Balaban J connectivity index is 2.01. The molecule has 0 bridgehead atoms. The summed E-state index contributed by atoms with van der Waals surface area (Å²) in [5.41, 5.74) is 0. The SMILES string of the molecule is CN1C=CC=CN2C[C@H]3CCCN3C12C. The third-order valence-electron chi connectivity index (χ3n) is 4.23. The second kappa shape index (κ2) is 3.01. The van der Waals surface area contributed by atoms with Crippen molar-refractivity contribution in [3.05, 3.63) is 24.6 Å². The maximum atomic E-state index is 2.65. The molecule has 2 saturated heterocycles. The van der Waals surface area contributed by atoms with E-state index in [-0.39, 0.29) is 5.79 Å². The van der Waals surface area contributed by atoms with Crippen LogP contribution in [0.25, 0.3) is 0 Å². The van der Waals surface area contributed by atoms with Gasteiger partial charge in [-0.3, -0.25) is 4.90 Å². The molecular formula is C12H19N3. The lowest BCUT2D eigenvalue weighted by atomic mass is 10.2. The Labute approximate surface area is 91.6 Å². The molecule has 0 spiro atoms. The fraction of sp³-hybridized carbons (Fsp3) is 0.667. The molecule has 3 rings (SSSR count). The highest BCUT2D eigenvalue weighted by atomic mass is 15.6. The fourth-order valence-corrected chi connectivity index (χ4v) is 3.23. The van der Waals surface area contributed by atoms with Crippen LogP contribution in [0.5, 0.6) is 0 Å². The summed E-state index contributed by atoms with van der Waals surface area (Å²) < 4.78 is 0. The van der Waals surface area contributed by atoms with Gasteiger partial charge in [-0.25, -0.2) is 0 Å². The Bertz CT molecular complexity index is 323. The molecule has 15 heavy (non-hydrogen) atoms. The van der Waals surface area contributed by atoms with Crippen LogP contribution in [0.4, 0.5) is 0 Å². The Morgan fingerprint density at radius 1 is 1.27 bits per heavy atom. The molecule has 0 aliphatic carbocycles. The third-order valence-corrected chi connectivity index (χ3v) is 4.23. The monoisotopic (exact) mass is 205 g/mol. The Morgan fingerprint density at radius 3 is 2.93 bits per heavy atom. The van der Waals surface area contributed by atoms with Crippen LogP contribution in [0, 0.1) is 0 Å². The van der Waals surface area contributed by atoms with Crippen molar-refractivity contribution in [1.29, 1.82) is 0 Å². The van der Waals surface area contributed by atoms with Crippen molar-refractivity contribution in [3.63, 3.8) is 0 Å². The lowest BCUT2D eigenvalue weighted by Gasteiger charge is -2.45. The van der Waals surface area contributed by atoms with Crippen molar-refractivity contribution >= 4 is 0 Å². The molecular weight excluding hydrogens is 186 g/mol. The zero-order chi connectivity index (χ0) is 10.5. The molecule has 3 heteroatoms. The summed E-state index contributed by atoms with van der Waals surface area (Å²) in [5, 5.41) is 0. The van der Waals surface area contributed by atoms with Gasteiger partial charge in [0.05, 0.1) is 0 Å². The van der Waals surface area contributed by atoms with Crippen molar-refractivity contribution in [2.45, 2.75) is 31.6 Å². The number of allylic oxidation sites excluding steroid dienone is 2. The molecule has 0 aromatic carbocycles. The summed E-state index contributed by atoms with van der Waals surface area (Å²) in [7, 11) is 2.18. The molecule has 3 heterocycles. The van der Waals surface area contributed by atoms with Gasteiger partial charge in [-0.05, 0) is 31.9 Å². The lowest BCUT2D eigenvalue weighted by Crippen LogP contribution is -2.58. The van der Waals surface area contributed by atoms with Crippen LogP contribution in [0.3, 0.4) is 0 Å². The largest absolute Gasteiger partial charge is 0.346 e. The van der Waals surface area contributed by atoms with Crippen LogP contribution in [-0.2, 0) is 0 Å². The summed E-state index contributed by atoms with van der Waals surface area (Å²) in [6, 6.07) is 0.758. The normalized spacial score (nSPS) is 39.5. The number of nitrogens with zero attached hydrogens (tertiary/aromatic N) is 3. The molecule has 2 atom stereocenters. The van der Waals surface area contributed by atoms with Crippen LogP contribution in [0.1, 0.15) is 19.8 Å². The highest BCUT2D eigenvalue weighted by Crippen LogP contribution is 2.39. The summed E-state index contributed by atoms with van der Waals surface area (Å²) in [4.78, 5) is 7.45. The van der Waals surface area contributed by atoms with E-state index < -0.39 is 0 Å². The molecule has 2 fully saturated rings. The molecule has 0 aromatic heterocycles. The van der Waals surface area contributed by atoms with E-state index >= 15 is 0 Å². The van der Waals surface area contributed by atoms with E-state index in [1.165, 1.54) is 25.9 Å². The first-order valence-electron chi connectivity index (χ1n) is 5.84. The topological polar surface area (TPSA) is 9.72 Å². The molecule has 1 unspecified atom stereocenters. The van der Waals surface area contributed by atoms with E-state index in [0.29, 0.717) is 0 Å². The molecule has 3 aliphatic heterocycles. The van der Waals surface area contributed by atoms with Crippen molar-refractivity contribution in [3.8, 4) is 0 Å². The van der Waals surface area contributed by atoms with E-state index in [4.69, 9.17) is 0 Å². The van der Waals surface area contributed by atoms with Crippen molar-refractivity contribution < 1.29 is 0 Å². The molecule has 0 amide bonds. The van der Waals surface area contributed by atoms with Gasteiger partial charge in [-0.2, -0.15) is 0 Å². The lowest BCUT2D eigenvalue weighted by molar-refractivity contribution is -0.0481. The van der Waals surface area contributed by atoms with Gasteiger partial charge in [0.25, 0.3) is 0 Å². The Morgan fingerprint density at radius 2 is 2.07 bits per heavy atom. The zero-order valence-electron chi connectivity index (χ0n) is 9.56. The molecule has 3 aliphatic rings. The maximum Gasteiger partial charge on any atom is 0.168 e. The molecule has 0 N–H and O–H groups in total. The van der Waals surface area contributed by atoms with Crippen molar-refractivity contribution in [2.24, 2.45) is 0 Å². The standard InChI is InChI=1S/C12H19N3/c1-12-13(2)7-3-4-8-14(12)10-11-6-5-9-15(11)12/h3-4,7-8,11H,5-6,9-10H2,1-2H3/t11-,12?/m1/s1. The minimum atomic E-state index is 0.0602. The van der Waals surface area contributed by atoms with Crippen LogP contribution in [-0.4, -0.2) is 46.7 Å². The predicted molar refractivity (Wildman–Crippen MR) is 60.9 cm³/mol. The van der Waals surface area contributed by atoms with Crippen LogP contribution in [0.2, 0.25) is 0 Å². The van der Waals surface area contributed by atoms with E-state index in [9.17, 15) is 0 Å². The number of hydrogen-bond acceptors (Lipinski definition) is 3. The van der Waals surface area contributed by atoms with Crippen LogP contribution < -0.4 is 0 Å². The van der Waals surface area contributed by atoms with Crippen molar-refractivity contribution in [1.82, 2.24) is 14.7 Å². The molecule has 0 saturated carbocycles.